The minimum Gasteiger partial charge on any atom is -0.316 e. The summed E-state index contributed by atoms with van der Waals surface area (Å²) in [5, 5.41) is 0. The molecule has 12 heavy (non-hydrogen) atoms. The molecule has 0 amide bonds. The Morgan fingerprint density at radius 3 is 2.33 bits per heavy atom. The third-order valence-corrected chi connectivity index (χ3v) is 1.37. The predicted molar refractivity (Wildman–Crippen MR) is 47.7 cm³/mol. The summed E-state index contributed by atoms with van der Waals surface area (Å²) in [6, 6.07) is 1.27. The number of rotatable bonds is 0. The molecule has 0 spiro atoms. The normalized spacial score (nSPS) is 8.75. The highest BCUT2D eigenvalue weighted by molar-refractivity contribution is 5.10. The Morgan fingerprint density at radius 2 is 1.92 bits per heavy atom. The summed E-state index contributed by atoms with van der Waals surface area (Å²) in [6.45, 7) is 5.57. The van der Waals surface area contributed by atoms with Gasteiger partial charge in [-0.25, -0.2) is 4.39 Å². The molecule has 0 unspecified atom stereocenters. The van der Waals surface area contributed by atoms with Crippen LogP contribution >= 0.6 is 0 Å². The molecule has 0 aliphatic rings. The van der Waals surface area contributed by atoms with Crippen LogP contribution in [-0.2, 0) is 7.05 Å². The lowest BCUT2D eigenvalue weighted by Crippen LogP contribution is -2.15. The molecule has 0 N–H and O–H groups in total. The Hall–Kier alpha value is -1.12. The second-order valence-corrected chi connectivity index (χ2v) is 2.25. The molecular weight excluding hydrogens is 157 g/mol. The number of aromatic nitrogens is 1. The zero-order chi connectivity index (χ0) is 9.72. The van der Waals surface area contributed by atoms with Crippen LogP contribution in [0.4, 0.5) is 4.39 Å². The van der Waals surface area contributed by atoms with Crippen molar-refractivity contribution in [3.8, 4) is 0 Å². The number of hydrogen-bond acceptors (Lipinski definition) is 1. The summed E-state index contributed by atoms with van der Waals surface area (Å²) in [4.78, 5) is 10.8. The highest BCUT2D eigenvalue weighted by atomic mass is 19.1. The van der Waals surface area contributed by atoms with E-state index < -0.39 is 0 Å². The van der Waals surface area contributed by atoms with Gasteiger partial charge in [-0.15, -0.1) is 0 Å². The molecule has 0 fully saturated rings. The number of hydrogen-bond donors (Lipinski definition) is 0. The Balaban J connectivity index is 0.000000561. The summed E-state index contributed by atoms with van der Waals surface area (Å²) in [7, 11) is 1.52. The van der Waals surface area contributed by atoms with Crippen molar-refractivity contribution in [2.45, 2.75) is 20.8 Å². The van der Waals surface area contributed by atoms with Crippen LogP contribution in [0.2, 0.25) is 0 Å². The zero-order valence-electron chi connectivity index (χ0n) is 7.89. The minimum absolute atomic E-state index is 0.182. The van der Waals surface area contributed by atoms with E-state index in [4.69, 9.17) is 0 Å². The maximum Gasteiger partial charge on any atom is 0.250 e. The van der Waals surface area contributed by atoms with Gasteiger partial charge in [-0.05, 0) is 12.5 Å². The molecule has 1 heterocycles. The van der Waals surface area contributed by atoms with Crippen LogP contribution in [0.5, 0.6) is 0 Å². The SMILES string of the molecule is CC.Cc1cc(=O)n(C)cc1F. The third kappa shape index (κ3) is 2.49. The first kappa shape index (κ1) is 10.9. The second-order valence-electron chi connectivity index (χ2n) is 2.25. The van der Waals surface area contributed by atoms with Gasteiger partial charge in [-0.3, -0.25) is 4.79 Å². The van der Waals surface area contributed by atoms with E-state index in [2.05, 4.69) is 0 Å². The average molecular weight is 171 g/mol. The monoisotopic (exact) mass is 171 g/mol. The molecule has 0 saturated heterocycles. The molecule has 0 bridgehead atoms. The maximum absolute atomic E-state index is 12.6. The van der Waals surface area contributed by atoms with Crippen LogP contribution in [0.15, 0.2) is 17.1 Å². The Kier molecular flexibility index (Phi) is 4.26. The predicted octanol–water partition coefficient (Wildman–Crippen LogP) is 1.86. The van der Waals surface area contributed by atoms with E-state index >= 15 is 0 Å². The Labute approximate surface area is 71.7 Å². The second kappa shape index (κ2) is 4.70. The van der Waals surface area contributed by atoms with Crippen molar-refractivity contribution in [3.05, 3.63) is 34.0 Å². The van der Waals surface area contributed by atoms with Crippen LogP contribution < -0.4 is 5.56 Å². The smallest absolute Gasteiger partial charge is 0.250 e. The van der Waals surface area contributed by atoms with Gasteiger partial charge >= 0.3 is 0 Å². The average Bonchev–Trinajstić information content (AvgIpc) is 2.05. The quantitative estimate of drug-likeness (QED) is 0.584. The van der Waals surface area contributed by atoms with Gasteiger partial charge in [0.25, 0.3) is 5.56 Å². The van der Waals surface area contributed by atoms with Gasteiger partial charge in [-0.2, -0.15) is 0 Å². The fourth-order valence-electron chi connectivity index (χ4n) is 0.691. The van der Waals surface area contributed by atoms with Crippen LogP contribution in [-0.4, -0.2) is 4.57 Å². The molecule has 2 nitrogen and oxygen atoms in total. The van der Waals surface area contributed by atoms with Gasteiger partial charge in [0.05, 0.1) is 0 Å². The first-order valence-electron chi connectivity index (χ1n) is 3.94. The van der Waals surface area contributed by atoms with Crippen LogP contribution in [0, 0.1) is 12.7 Å². The molecule has 0 radical (unpaired) electrons. The van der Waals surface area contributed by atoms with Crippen LogP contribution in [0.1, 0.15) is 19.4 Å². The van der Waals surface area contributed by atoms with Gasteiger partial charge in [0.2, 0.25) is 0 Å². The Morgan fingerprint density at radius 1 is 1.42 bits per heavy atom. The van der Waals surface area contributed by atoms with Crippen molar-refractivity contribution >= 4 is 0 Å². The number of halogens is 1. The Bertz CT molecular complexity index is 304. The van der Waals surface area contributed by atoms with Gasteiger partial charge in [-0.1, -0.05) is 13.8 Å². The molecule has 1 rings (SSSR count). The number of aryl methyl sites for hydroxylation is 2. The molecular formula is C9H14FNO. The van der Waals surface area contributed by atoms with Crippen molar-refractivity contribution in [2.24, 2.45) is 7.05 Å². The molecule has 0 aliphatic heterocycles. The van der Waals surface area contributed by atoms with Crippen molar-refractivity contribution in [1.29, 1.82) is 0 Å². The summed E-state index contributed by atoms with van der Waals surface area (Å²) in [6.07, 6.45) is 1.18. The molecule has 0 aromatic carbocycles. The van der Waals surface area contributed by atoms with Gasteiger partial charge in [0, 0.05) is 19.3 Å². The summed E-state index contributed by atoms with van der Waals surface area (Å²) >= 11 is 0. The van der Waals surface area contributed by atoms with Gasteiger partial charge in [0.1, 0.15) is 5.82 Å². The van der Waals surface area contributed by atoms with Crippen LogP contribution in [0.3, 0.4) is 0 Å². The molecule has 0 atom stereocenters. The third-order valence-electron chi connectivity index (χ3n) is 1.37. The van der Waals surface area contributed by atoms with E-state index in [9.17, 15) is 9.18 Å². The summed E-state index contributed by atoms with van der Waals surface area (Å²) < 4.78 is 13.8. The van der Waals surface area contributed by atoms with Gasteiger partial charge in [0.15, 0.2) is 0 Å². The van der Waals surface area contributed by atoms with E-state index in [0.29, 0.717) is 5.56 Å². The standard InChI is InChI=1S/C7H8FNO.C2H6/c1-5-3-7(10)9(2)4-6(5)8;1-2/h3-4H,1-2H3;1-2H3. The zero-order valence-corrected chi connectivity index (χ0v) is 7.89. The van der Waals surface area contributed by atoms with Crippen LogP contribution in [0.25, 0.3) is 0 Å². The van der Waals surface area contributed by atoms with E-state index in [1.165, 1.54) is 23.9 Å². The van der Waals surface area contributed by atoms with Crippen molar-refractivity contribution < 1.29 is 4.39 Å². The van der Waals surface area contributed by atoms with E-state index in [1.807, 2.05) is 13.8 Å². The fraction of sp³-hybridized carbons (Fsp3) is 0.444. The number of nitrogens with zero attached hydrogens (tertiary/aromatic N) is 1. The van der Waals surface area contributed by atoms with E-state index in [0.717, 1.165) is 0 Å². The lowest BCUT2D eigenvalue weighted by atomic mass is 10.3. The molecule has 0 saturated carbocycles. The molecule has 3 heteroatoms. The lowest BCUT2D eigenvalue weighted by Gasteiger charge is -1.97. The largest absolute Gasteiger partial charge is 0.316 e. The van der Waals surface area contributed by atoms with Crippen molar-refractivity contribution in [2.75, 3.05) is 0 Å². The fourth-order valence-corrected chi connectivity index (χ4v) is 0.691. The summed E-state index contributed by atoms with van der Waals surface area (Å²) in [5.41, 5.74) is 0.210. The van der Waals surface area contributed by atoms with Crippen molar-refractivity contribution in [3.63, 3.8) is 0 Å². The maximum atomic E-state index is 12.6. The molecule has 0 aliphatic carbocycles. The van der Waals surface area contributed by atoms with E-state index in [-0.39, 0.29) is 11.4 Å². The first-order chi connectivity index (χ1) is 5.61. The van der Waals surface area contributed by atoms with Gasteiger partial charge < -0.3 is 4.57 Å². The first-order valence-corrected chi connectivity index (χ1v) is 3.94. The molecule has 1 aromatic heterocycles. The molecule has 1 aromatic rings. The topological polar surface area (TPSA) is 22.0 Å². The highest BCUT2D eigenvalue weighted by Gasteiger charge is 1.97. The number of pyridine rings is 1. The highest BCUT2D eigenvalue weighted by Crippen LogP contribution is 1.98. The van der Waals surface area contributed by atoms with Crippen molar-refractivity contribution in [1.82, 2.24) is 4.57 Å². The molecule has 68 valence electrons. The lowest BCUT2D eigenvalue weighted by molar-refractivity contribution is 0.595. The summed E-state index contributed by atoms with van der Waals surface area (Å²) in [5.74, 6) is -0.345. The van der Waals surface area contributed by atoms with E-state index in [1.54, 1.807) is 6.92 Å². The minimum atomic E-state index is -0.345.